The van der Waals surface area contributed by atoms with E-state index in [2.05, 4.69) is 25.6 Å². The van der Waals surface area contributed by atoms with Crippen molar-refractivity contribution < 1.29 is 9.53 Å². The molecule has 0 spiro atoms. The van der Waals surface area contributed by atoms with Gasteiger partial charge in [-0.05, 0) is 50.8 Å². The molecule has 0 saturated heterocycles. The van der Waals surface area contributed by atoms with Crippen LogP contribution in [0.5, 0.6) is 0 Å². The van der Waals surface area contributed by atoms with Gasteiger partial charge in [-0.15, -0.1) is 0 Å². The van der Waals surface area contributed by atoms with Gasteiger partial charge in [0.1, 0.15) is 11.5 Å². The quantitative estimate of drug-likeness (QED) is 0.370. The second kappa shape index (κ2) is 10.8. The largest absolute Gasteiger partial charge is 0.461 e. The zero-order valence-electron chi connectivity index (χ0n) is 19.6. The summed E-state index contributed by atoms with van der Waals surface area (Å²) in [6.45, 7) is 2.59. The number of ether oxygens (including phenoxy) is 1. The van der Waals surface area contributed by atoms with E-state index >= 15 is 0 Å². The van der Waals surface area contributed by atoms with E-state index < -0.39 is 5.97 Å². The Balaban J connectivity index is 1.41. The number of hydrogen-bond donors (Lipinski definition) is 3. The SMILES string of the molecule is CCOC(=O)c1[nH]c2cc(Cl)cc(Cl)c2c1CNC1CCC(Nc2nccc(N(C)C)n2)CC1. The normalized spacial score (nSPS) is 18.1. The zero-order chi connectivity index (χ0) is 24.2. The number of aromatic nitrogens is 3. The van der Waals surface area contributed by atoms with Gasteiger partial charge >= 0.3 is 5.97 Å². The van der Waals surface area contributed by atoms with E-state index in [0.29, 0.717) is 46.9 Å². The molecule has 0 aliphatic heterocycles. The molecule has 0 atom stereocenters. The summed E-state index contributed by atoms with van der Waals surface area (Å²) in [6.07, 6.45) is 5.78. The molecule has 0 unspecified atom stereocenters. The number of hydrogen-bond acceptors (Lipinski definition) is 7. The van der Waals surface area contributed by atoms with Crippen molar-refractivity contribution >= 4 is 51.8 Å². The van der Waals surface area contributed by atoms with E-state index in [-0.39, 0.29) is 0 Å². The summed E-state index contributed by atoms with van der Waals surface area (Å²) in [5.41, 5.74) is 1.95. The smallest absolute Gasteiger partial charge is 0.355 e. The molecule has 8 nitrogen and oxygen atoms in total. The Kier molecular flexibility index (Phi) is 7.80. The van der Waals surface area contributed by atoms with E-state index in [1.807, 2.05) is 25.1 Å². The van der Waals surface area contributed by atoms with Crippen LogP contribution in [0.1, 0.15) is 48.7 Å². The van der Waals surface area contributed by atoms with E-state index in [1.165, 1.54) is 0 Å². The Labute approximate surface area is 209 Å². The number of aromatic amines is 1. The van der Waals surface area contributed by atoms with E-state index in [4.69, 9.17) is 27.9 Å². The standard InChI is InChI=1S/C24H30Cl2N6O2/c1-4-34-23(33)22-17(21-18(26)11-14(25)12-19(21)30-22)13-28-15-5-7-16(8-6-15)29-24-27-10-9-20(31-24)32(2)3/h9-12,15-16,28,30H,4-8,13H2,1-3H3,(H,27,29,31). The van der Waals surface area contributed by atoms with Gasteiger partial charge in [-0.3, -0.25) is 0 Å². The van der Waals surface area contributed by atoms with Crippen LogP contribution >= 0.6 is 23.2 Å². The van der Waals surface area contributed by atoms with Gasteiger partial charge in [0.15, 0.2) is 0 Å². The van der Waals surface area contributed by atoms with Crippen molar-refractivity contribution in [2.24, 2.45) is 0 Å². The van der Waals surface area contributed by atoms with Crippen molar-refractivity contribution in [3.63, 3.8) is 0 Å². The summed E-state index contributed by atoms with van der Waals surface area (Å²) < 4.78 is 5.26. The van der Waals surface area contributed by atoms with Crippen molar-refractivity contribution in [1.82, 2.24) is 20.3 Å². The lowest BCUT2D eigenvalue weighted by atomic mass is 9.91. The van der Waals surface area contributed by atoms with Crippen molar-refractivity contribution in [3.8, 4) is 0 Å². The number of carbonyl (C=O) groups excluding carboxylic acids is 1. The maximum Gasteiger partial charge on any atom is 0.355 e. The van der Waals surface area contributed by atoms with Gasteiger partial charge in [-0.2, -0.15) is 4.98 Å². The van der Waals surface area contributed by atoms with E-state index in [0.717, 1.165) is 48.0 Å². The lowest BCUT2D eigenvalue weighted by Crippen LogP contribution is -2.37. The van der Waals surface area contributed by atoms with Crippen molar-refractivity contribution in [1.29, 1.82) is 0 Å². The Morgan fingerprint density at radius 2 is 1.94 bits per heavy atom. The number of halogens is 2. The predicted molar refractivity (Wildman–Crippen MR) is 137 cm³/mol. The van der Waals surface area contributed by atoms with Gasteiger partial charge in [0, 0.05) is 60.4 Å². The number of carbonyl (C=O) groups is 1. The molecule has 1 aromatic carbocycles. The van der Waals surface area contributed by atoms with Crippen LogP contribution in [0.15, 0.2) is 24.4 Å². The second-order valence-corrected chi connectivity index (χ2v) is 9.56. The molecule has 2 heterocycles. The van der Waals surface area contributed by atoms with Crippen LogP contribution < -0.4 is 15.5 Å². The maximum atomic E-state index is 12.6. The number of rotatable bonds is 8. The van der Waals surface area contributed by atoms with Gasteiger partial charge in [0.05, 0.1) is 11.6 Å². The maximum absolute atomic E-state index is 12.6. The van der Waals surface area contributed by atoms with Crippen LogP contribution in [0, 0.1) is 0 Å². The molecular weight excluding hydrogens is 475 g/mol. The third-order valence-electron chi connectivity index (χ3n) is 6.12. The number of nitrogens with zero attached hydrogens (tertiary/aromatic N) is 3. The monoisotopic (exact) mass is 504 g/mol. The zero-order valence-corrected chi connectivity index (χ0v) is 21.1. The summed E-state index contributed by atoms with van der Waals surface area (Å²) in [6, 6.07) is 6.02. The molecule has 3 aromatic rings. The fourth-order valence-electron chi connectivity index (χ4n) is 4.41. The Morgan fingerprint density at radius 1 is 1.21 bits per heavy atom. The highest BCUT2D eigenvalue weighted by Gasteiger charge is 2.25. The van der Waals surface area contributed by atoms with Crippen LogP contribution in [-0.2, 0) is 11.3 Å². The first-order valence-electron chi connectivity index (χ1n) is 11.5. The van der Waals surface area contributed by atoms with Crippen LogP contribution in [0.25, 0.3) is 10.9 Å². The van der Waals surface area contributed by atoms with Crippen molar-refractivity contribution in [2.75, 3.05) is 30.9 Å². The highest BCUT2D eigenvalue weighted by atomic mass is 35.5. The molecule has 1 saturated carbocycles. The number of benzene rings is 1. The fraction of sp³-hybridized carbons (Fsp3) is 0.458. The minimum atomic E-state index is -0.393. The van der Waals surface area contributed by atoms with Gasteiger partial charge in [0.25, 0.3) is 0 Å². The van der Waals surface area contributed by atoms with Crippen LogP contribution in [0.2, 0.25) is 10.0 Å². The molecule has 1 aliphatic carbocycles. The topological polar surface area (TPSA) is 95.2 Å². The third kappa shape index (κ3) is 5.56. The van der Waals surface area contributed by atoms with Gasteiger partial charge in [0.2, 0.25) is 5.95 Å². The molecule has 34 heavy (non-hydrogen) atoms. The lowest BCUT2D eigenvalue weighted by Gasteiger charge is -2.30. The number of anilines is 2. The highest BCUT2D eigenvalue weighted by molar-refractivity contribution is 6.39. The number of nitrogens with one attached hydrogen (secondary N) is 3. The fourth-order valence-corrected chi connectivity index (χ4v) is 5.01. The number of H-pyrrole nitrogens is 1. The average Bonchev–Trinajstić information content (AvgIpc) is 3.17. The molecule has 182 valence electrons. The molecule has 3 N–H and O–H groups in total. The molecule has 4 rings (SSSR count). The van der Waals surface area contributed by atoms with E-state index in [1.54, 1.807) is 25.3 Å². The minimum Gasteiger partial charge on any atom is -0.461 e. The summed E-state index contributed by atoms with van der Waals surface area (Å²) >= 11 is 12.7. The van der Waals surface area contributed by atoms with Crippen LogP contribution in [0.4, 0.5) is 11.8 Å². The third-order valence-corrected chi connectivity index (χ3v) is 6.64. The molecule has 2 aromatic heterocycles. The number of fused-ring (bicyclic) bond motifs is 1. The van der Waals surface area contributed by atoms with Gasteiger partial charge in [-0.25, -0.2) is 9.78 Å². The van der Waals surface area contributed by atoms with E-state index in [9.17, 15) is 4.79 Å². The average molecular weight is 505 g/mol. The summed E-state index contributed by atoms with van der Waals surface area (Å²) in [4.78, 5) is 26.6. The van der Waals surface area contributed by atoms with Gasteiger partial charge < -0.3 is 25.3 Å². The Bertz CT molecular complexity index is 1160. The molecule has 10 heteroatoms. The van der Waals surface area contributed by atoms with Crippen molar-refractivity contribution in [3.05, 3.63) is 45.7 Å². The number of esters is 1. The second-order valence-electron chi connectivity index (χ2n) is 8.72. The summed E-state index contributed by atoms with van der Waals surface area (Å²) in [5, 5.41) is 8.91. The summed E-state index contributed by atoms with van der Waals surface area (Å²) in [5.74, 6) is 1.15. The first kappa shape index (κ1) is 24.6. The minimum absolute atomic E-state index is 0.299. The predicted octanol–water partition coefficient (Wildman–Crippen LogP) is 5.02. The molecule has 0 radical (unpaired) electrons. The Hall–Kier alpha value is -2.55. The molecule has 0 amide bonds. The van der Waals surface area contributed by atoms with Crippen LogP contribution in [-0.4, -0.2) is 53.7 Å². The van der Waals surface area contributed by atoms with Crippen LogP contribution in [0.3, 0.4) is 0 Å². The first-order valence-corrected chi connectivity index (χ1v) is 12.3. The highest BCUT2D eigenvalue weighted by Crippen LogP contribution is 2.33. The molecule has 1 fully saturated rings. The molecule has 1 aliphatic rings. The first-order chi connectivity index (χ1) is 16.4. The summed E-state index contributed by atoms with van der Waals surface area (Å²) in [7, 11) is 3.93. The molecule has 0 bridgehead atoms. The van der Waals surface area contributed by atoms with Gasteiger partial charge in [-0.1, -0.05) is 23.2 Å². The van der Waals surface area contributed by atoms with Crippen molar-refractivity contribution in [2.45, 2.75) is 51.2 Å². The molecular formula is C24H30Cl2N6O2. The Morgan fingerprint density at radius 3 is 2.65 bits per heavy atom. The lowest BCUT2D eigenvalue weighted by molar-refractivity contribution is 0.0519.